The normalized spacial score (nSPS) is 14.7. The Labute approximate surface area is 145 Å². The fourth-order valence-electron chi connectivity index (χ4n) is 3.32. The predicted octanol–water partition coefficient (Wildman–Crippen LogP) is 4.28. The molecule has 0 N–H and O–H groups in total. The van der Waals surface area contributed by atoms with Gasteiger partial charge in [-0.2, -0.15) is 0 Å². The summed E-state index contributed by atoms with van der Waals surface area (Å²) in [7, 11) is 2.11. The number of aryl methyl sites for hydroxylation is 1. The van der Waals surface area contributed by atoms with Crippen LogP contribution in [0.2, 0.25) is 0 Å². The van der Waals surface area contributed by atoms with Gasteiger partial charge in [0.1, 0.15) is 0 Å². The fraction of sp³-hybridized carbons (Fsp3) is 0.500. The summed E-state index contributed by atoms with van der Waals surface area (Å²) in [6.07, 6.45) is 3.57. The van der Waals surface area contributed by atoms with Crippen molar-refractivity contribution >= 4 is 32.9 Å². The molecule has 2 heterocycles. The molecule has 1 amide bonds. The van der Waals surface area contributed by atoms with Gasteiger partial charge in [-0.15, -0.1) is 0 Å². The Hall–Kier alpha value is -1.49. The molecule has 1 aliphatic rings. The summed E-state index contributed by atoms with van der Waals surface area (Å²) in [4.78, 5) is 14.0. The van der Waals surface area contributed by atoms with Crippen LogP contribution < -0.4 is 0 Å². The molecule has 5 heteroatoms. The third-order valence-electron chi connectivity index (χ3n) is 4.63. The van der Waals surface area contributed by atoms with Crippen molar-refractivity contribution in [1.82, 2.24) is 9.47 Å². The summed E-state index contributed by atoms with van der Waals surface area (Å²) < 4.78 is 8.72. The molecule has 0 saturated heterocycles. The molecule has 4 nitrogen and oxygen atoms in total. The number of fused-ring (bicyclic) bond motifs is 3. The van der Waals surface area contributed by atoms with E-state index in [1.165, 1.54) is 22.2 Å². The number of aromatic nitrogens is 1. The molecule has 0 atom stereocenters. The van der Waals surface area contributed by atoms with Gasteiger partial charge < -0.3 is 14.2 Å². The Bertz CT molecular complexity index is 723. The second-order valence-electron chi connectivity index (χ2n) is 6.10. The van der Waals surface area contributed by atoms with Crippen LogP contribution in [0.25, 0.3) is 10.9 Å². The van der Waals surface area contributed by atoms with E-state index in [9.17, 15) is 4.79 Å². The molecular weight excluding hydrogens is 356 g/mol. The molecule has 1 aromatic heterocycles. The van der Waals surface area contributed by atoms with Gasteiger partial charge in [0, 0.05) is 47.6 Å². The van der Waals surface area contributed by atoms with Crippen LogP contribution in [0, 0.1) is 0 Å². The predicted molar refractivity (Wildman–Crippen MR) is 95.9 cm³/mol. The number of hydrogen-bond donors (Lipinski definition) is 0. The van der Waals surface area contributed by atoms with Crippen LogP contribution in [0.3, 0.4) is 0 Å². The average Bonchev–Trinajstić information content (AvgIpc) is 2.70. The number of halogens is 1. The first-order valence-electron chi connectivity index (χ1n) is 8.29. The molecule has 0 bridgehead atoms. The minimum absolute atomic E-state index is 0.168. The summed E-state index contributed by atoms with van der Waals surface area (Å²) in [5, 5.41) is 1.30. The van der Waals surface area contributed by atoms with Gasteiger partial charge in [0.2, 0.25) is 0 Å². The molecule has 2 aromatic rings. The number of carbonyl (C=O) groups excluding carboxylic acids is 1. The van der Waals surface area contributed by atoms with E-state index in [-0.39, 0.29) is 6.09 Å². The van der Waals surface area contributed by atoms with E-state index in [2.05, 4.69) is 52.7 Å². The zero-order chi connectivity index (χ0) is 16.4. The molecule has 0 fully saturated rings. The van der Waals surface area contributed by atoms with Gasteiger partial charge in [-0.1, -0.05) is 35.3 Å². The van der Waals surface area contributed by atoms with Gasteiger partial charge in [0.25, 0.3) is 0 Å². The van der Waals surface area contributed by atoms with Gasteiger partial charge >= 0.3 is 6.09 Å². The van der Waals surface area contributed by atoms with Crippen molar-refractivity contribution in [3.8, 4) is 0 Å². The lowest BCUT2D eigenvalue weighted by atomic mass is 10.1. The van der Waals surface area contributed by atoms with Crippen LogP contribution >= 0.6 is 15.9 Å². The minimum atomic E-state index is -0.168. The monoisotopic (exact) mass is 378 g/mol. The number of ether oxygens (including phenoxy) is 1. The lowest BCUT2D eigenvalue weighted by Crippen LogP contribution is -2.34. The molecule has 3 rings (SSSR count). The summed E-state index contributed by atoms with van der Waals surface area (Å²) in [6.45, 7) is 4.08. The van der Waals surface area contributed by atoms with Gasteiger partial charge in [0.05, 0.1) is 6.61 Å². The van der Waals surface area contributed by atoms with Crippen LogP contribution in [-0.4, -0.2) is 35.3 Å². The standard InChI is InChI=1S/C18H23BrN2O2/c1-3-4-11-23-18(22)21-9-7-15-14-6-5-13(19)12-17(14)20(2)16(15)8-10-21/h5-6,12H,3-4,7-11H2,1-2H3. The highest BCUT2D eigenvalue weighted by atomic mass is 79.9. The highest BCUT2D eigenvalue weighted by molar-refractivity contribution is 9.10. The fourth-order valence-corrected chi connectivity index (χ4v) is 3.66. The number of carbonyl (C=O) groups is 1. The summed E-state index contributed by atoms with van der Waals surface area (Å²) >= 11 is 3.55. The maximum absolute atomic E-state index is 12.2. The number of hydrogen-bond acceptors (Lipinski definition) is 2. The SMILES string of the molecule is CCCCOC(=O)N1CCc2c(n(C)c3cc(Br)ccc23)CC1. The van der Waals surface area contributed by atoms with E-state index in [0.717, 1.165) is 43.2 Å². The van der Waals surface area contributed by atoms with Gasteiger partial charge in [0.15, 0.2) is 0 Å². The van der Waals surface area contributed by atoms with Crippen molar-refractivity contribution in [3.05, 3.63) is 33.9 Å². The Balaban J connectivity index is 1.79. The molecule has 124 valence electrons. The van der Waals surface area contributed by atoms with Gasteiger partial charge in [-0.3, -0.25) is 0 Å². The van der Waals surface area contributed by atoms with Crippen molar-refractivity contribution in [1.29, 1.82) is 0 Å². The largest absolute Gasteiger partial charge is 0.449 e. The number of unbranched alkanes of at least 4 members (excludes halogenated alkanes) is 1. The van der Waals surface area contributed by atoms with E-state index in [0.29, 0.717) is 6.61 Å². The lowest BCUT2D eigenvalue weighted by molar-refractivity contribution is 0.103. The summed E-state index contributed by atoms with van der Waals surface area (Å²) in [5.74, 6) is 0. The Morgan fingerprint density at radius 3 is 2.87 bits per heavy atom. The first kappa shape index (κ1) is 16.4. The zero-order valence-corrected chi connectivity index (χ0v) is 15.4. The highest BCUT2D eigenvalue weighted by Crippen LogP contribution is 2.30. The molecule has 23 heavy (non-hydrogen) atoms. The van der Waals surface area contributed by atoms with Crippen LogP contribution in [-0.2, 0) is 24.6 Å². The number of nitrogens with zero attached hydrogens (tertiary/aromatic N) is 2. The second kappa shape index (κ2) is 6.95. The van der Waals surface area contributed by atoms with Crippen molar-refractivity contribution < 1.29 is 9.53 Å². The first-order chi connectivity index (χ1) is 11.1. The number of benzene rings is 1. The second-order valence-corrected chi connectivity index (χ2v) is 7.02. The maximum Gasteiger partial charge on any atom is 0.409 e. The minimum Gasteiger partial charge on any atom is -0.449 e. The van der Waals surface area contributed by atoms with Crippen LogP contribution in [0.4, 0.5) is 4.79 Å². The number of rotatable bonds is 3. The smallest absolute Gasteiger partial charge is 0.409 e. The quantitative estimate of drug-likeness (QED) is 0.747. The van der Waals surface area contributed by atoms with E-state index in [1.54, 1.807) is 0 Å². The molecule has 1 aromatic carbocycles. The highest BCUT2D eigenvalue weighted by Gasteiger charge is 2.23. The molecule has 1 aliphatic heterocycles. The van der Waals surface area contributed by atoms with E-state index in [4.69, 9.17) is 4.74 Å². The van der Waals surface area contributed by atoms with Crippen molar-refractivity contribution in [2.24, 2.45) is 7.05 Å². The molecule has 0 aliphatic carbocycles. The Morgan fingerprint density at radius 1 is 1.30 bits per heavy atom. The molecule has 0 saturated carbocycles. The van der Waals surface area contributed by atoms with Crippen molar-refractivity contribution in [2.75, 3.05) is 19.7 Å². The third-order valence-corrected chi connectivity index (χ3v) is 5.12. The average molecular weight is 379 g/mol. The first-order valence-corrected chi connectivity index (χ1v) is 9.08. The van der Waals surface area contributed by atoms with Crippen molar-refractivity contribution in [3.63, 3.8) is 0 Å². The summed E-state index contributed by atoms with van der Waals surface area (Å²) in [5.41, 5.74) is 3.96. The number of amides is 1. The van der Waals surface area contributed by atoms with Crippen LogP contribution in [0.5, 0.6) is 0 Å². The van der Waals surface area contributed by atoms with E-state index in [1.807, 2.05) is 4.90 Å². The molecular formula is C18H23BrN2O2. The Morgan fingerprint density at radius 2 is 2.09 bits per heavy atom. The van der Waals surface area contributed by atoms with Crippen molar-refractivity contribution in [2.45, 2.75) is 32.6 Å². The van der Waals surface area contributed by atoms with Gasteiger partial charge in [-0.05, 0) is 30.5 Å². The third kappa shape index (κ3) is 3.25. The van der Waals surface area contributed by atoms with Crippen LogP contribution in [0.15, 0.2) is 22.7 Å². The van der Waals surface area contributed by atoms with E-state index < -0.39 is 0 Å². The van der Waals surface area contributed by atoms with Crippen LogP contribution in [0.1, 0.15) is 31.0 Å². The topological polar surface area (TPSA) is 34.5 Å². The molecule has 0 unspecified atom stereocenters. The molecule has 0 spiro atoms. The Kier molecular flexibility index (Phi) is 4.95. The maximum atomic E-state index is 12.2. The zero-order valence-electron chi connectivity index (χ0n) is 13.8. The molecule has 0 radical (unpaired) electrons. The van der Waals surface area contributed by atoms with E-state index >= 15 is 0 Å². The summed E-state index contributed by atoms with van der Waals surface area (Å²) in [6, 6.07) is 6.43. The lowest BCUT2D eigenvalue weighted by Gasteiger charge is -2.20. The van der Waals surface area contributed by atoms with Gasteiger partial charge in [-0.25, -0.2) is 4.79 Å².